The van der Waals surface area contributed by atoms with Gasteiger partial charge in [0.15, 0.2) is 0 Å². The number of alkyl halides is 1. The van der Waals surface area contributed by atoms with Crippen LogP contribution in [0.15, 0.2) is 25.6 Å². The van der Waals surface area contributed by atoms with E-state index in [1.807, 2.05) is 12.1 Å². The third kappa shape index (κ3) is 5.50. The highest BCUT2D eigenvalue weighted by molar-refractivity contribution is 9.11. The highest BCUT2D eigenvalue weighted by Gasteiger charge is 2.09. The van der Waals surface area contributed by atoms with Gasteiger partial charge >= 0.3 is 0 Å². The monoisotopic (exact) mass is 446 g/mol. The quantitative estimate of drug-likeness (QED) is 0.484. The Balaban J connectivity index is 2.52. The van der Waals surface area contributed by atoms with Gasteiger partial charge in [0, 0.05) is 10.4 Å². The van der Waals surface area contributed by atoms with Crippen LogP contribution in [0, 0.1) is 5.92 Å². The van der Waals surface area contributed by atoms with E-state index in [1.165, 1.54) is 0 Å². The molecule has 0 aromatic heterocycles. The molecule has 1 rings (SSSR count). The van der Waals surface area contributed by atoms with Crippen LogP contribution in [-0.4, -0.2) is 12.5 Å². The second-order valence-electron chi connectivity index (χ2n) is 3.92. The van der Waals surface area contributed by atoms with Crippen molar-refractivity contribution in [2.45, 2.75) is 19.8 Å². The largest absolute Gasteiger partial charge is 0.491 e. The van der Waals surface area contributed by atoms with Gasteiger partial charge < -0.3 is 4.74 Å². The third-order valence-corrected chi connectivity index (χ3v) is 4.28. The van der Waals surface area contributed by atoms with Crippen LogP contribution in [0.3, 0.4) is 0 Å². The van der Waals surface area contributed by atoms with Crippen LogP contribution in [0.4, 0.5) is 0 Å². The van der Waals surface area contributed by atoms with Gasteiger partial charge in [0.25, 0.3) is 0 Å². The Kier molecular flexibility index (Phi) is 7.46. The molecule has 1 aromatic carbocycles. The maximum Gasteiger partial charge on any atom is 0.147 e. The number of halogens is 4. The van der Waals surface area contributed by atoms with Crippen LogP contribution < -0.4 is 4.74 Å². The van der Waals surface area contributed by atoms with E-state index in [1.54, 1.807) is 0 Å². The van der Waals surface area contributed by atoms with Crippen molar-refractivity contribution in [3.8, 4) is 5.75 Å². The zero-order valence-electron chi connectivity index (χ0n) is 9.48. The minimum Gasteiger partial charge on any atom is -0.491 e. The van der Waals surface area contributed by atoms with Crippen LogP contribution in [0.1, 0.15) is 19.8 Å². The first-order valence-electron chi connectivity index (χ1n) is 5.38. The van der Waals surface area contributed by atoms with Gasteiger partial charge in [-0.1, -0.05) is 22.9 Å². The van der Waals surface area contributed by atoms with Gasteiger partial charge in [0.2, 0.25) is 0 Å². The van der Waals surface area contributed by atoms with Crippen molar-refractivity contribution in [2.24, 2.45) is 5.92 Å². The van der Waals surface area contributed by atoms with Crippen molar-refractivity contribution in [2.75, 3.05) is 12.5 Å². The molecule has 0 spiro atoms. The number of ether oxygens (including phenoxy) is 1. The normalized spacial score (nSPS) is 12.5. The van der Waals surface area contributed by atoms with Crippen LogP contribution in [-0.2, 0) is 0 Å². The molecule has 0 aliphatic rings. The van der Waals surface area contributed by atoms with E-state index in [9.17, 15) is 0 Å². The summed E-state index contributed by atoms with van der Waals surface area (Å²) in [6.07, 6.45) is 2.05. The summed E-state index contributed by atoms with van der Waals surface area (Å²) in [5.74, 6) is 2.17. The molecule has 0 N–H and O–H groups in total. The molecular formula is C12H14Br3ClO. The molecule has 0 fully saturated rings. The lowest BCUT2D eigenvalue weighted by molar-refractivity contribution is 0.279. The Morgan fingerprint density at radius 1 is 1.18 bits per heavy atom. The Bertz CT molecular complexity index is 348. The molecule has 5 heteroatoms. The van der Waals surface area contributed by atoms with Gasteiger partial charge in [-0.2, -0.15) is 0 Å². The first-order valence-corrected chi connectivity index (χ1v) is 8.29. The fourth-order valence-corrected chi connectivity index (χ4v) is 4.22. The summed E-state index contributed by atoms with van der Waals surface area (Å²) >= 11 is 16.1. The van der Waals surface area contributed by atoms with Crippen LogP contribution in [0.25, 0.3) is 0 Å². The molecule has 96 valence electrons. The summed E-state index contributed by atoms with van der Waals surface area (Å²) in [7, 11) is 0. The molecule has 0 aliphatic heterocycles. The standard InChI is InChI=1S/C12H14Br3ClO/c1-8(2-4-16)3-5-17-12-10(14)6-9(13)7-11(12)15/h6-8H,2-5H2,1H3. The van der Waals surface area contributed by atoms with Crippen molar-refractivity contribution in [1.82, 2.24) is 0 Å². The Morgan fingerprint density at radius 2 is 1.76 bits per heavy atom. The predicted molar refractivity (Wildman–Crippen MR) is 84.2 cm³/mol. The van der Waals surface area contributed by atoms with Gasteiger partial charge in [-0.05, 0) is 62.8 Å². The summed E-state index contributed by atoms with van der Waals surface area (Å²) in [5, 5.41) is 0. The van der Waals surface area contributed by atoms with Crippen LogP contribution in [0.2, 0.25) is 0 Å². The summed E-state index contributed by atoms with van der Waals surface area (Å²) in [4.78, 5) is 0. The van der Waals surface area contributed by atoms with E-state index in [2.05, 4.69) is 54.7 Å². The molecule has 17 heavy (non-hydrogen) atoms. The van der Waals surface area contributed by atoms with Crippen molar-refractivity contribution < 1.29 is 4.74 Å². The summed E-state index contributed by atoms with van der Waals surface area (Å²) in [5.41, 5.74) is 0. The maximum atomic E-state index is 5.78. The van der Waals surface area contributed by atoms with E-state index in [0.717, 1.165) is 32.0 Å². The molecule has 1 nitrogen and oxygen atoms in total. The average Bonchev–Trinajstić information content (AvgIpc) is 2.22. The summed E-state index contributed by atoms with van der Waals surface area (Å²) in [6, 6.07) is 3.95. The van der Waals surface area contributed by atoms with Gasteiger partial charge in [0.05, 0.1) is 15.6 Å². The molecule has 0 heterocycles. The van der Waals surface area contributed by atoms with E-state index >= 15 is 0 Å². The lowest BCUT2D eigenvalue weighted by Gasteiger charge is -2.13. The van der Waals surface area contributed by atoms with Gasteiger partial charge in [-0.15, -0.1) is 11.6 Å². The zero-order valence-corrected chi connectivity index (χ0v) is 15.0. The number of hydrogen-bond donors (Lipinski definition) is 0. The number of hydrogen-bond acceptors (Lipinski definition) is 1. The van der Waals surface area contributed by atoms with Crippen LogP contribution in [0.5, 0.6) is 5.75 Å². The first-order chi connectivity index (χ1) is 8.04. The predicted octanol–water partition coefficient (Wildman–Crippen LogP) is 6.01. The molecule has 0 aliphatic carbocycles. The molecule has 1 unspecified atom stereocenters. The van der Waals surface area contributed by atoms with Gasteiger partial charge in [-0.3, -0.25) is 0 Å². The van der Waals surface area contributed by atoms with Crippen molar-refractivity contribution >= 4 is 59.4 Å². The first kappa shape index (κ1) is 15.8. The molecular weight excluding hydrogens is 435 g/mol. The molecule has 0 radical (unpaired) electrons. The van der Waals surface area contributed by atoms with Gasteiger partial charge in [-0.25, -0.2) is 0 Å². The van der Waals surface area contributed by atoms with Crippen LogP contribution >= 0.6 is 59.4 Å². The summed E-state index contributed by atoms with van der Waals surface area (Å²) in [6.45, 7) is 2.90. The smallest absolute Gasteiger partial charge is 0.147 e. The Morgan fingerprint density at radius 3 is 2.29 bits per heavy atom. The molecule has 0 amide bonds. The second kappa shape index (κ2) is 8.03. The van der Waals surface area contributed by atoms with E-state index in [4.69, 9.17) is 16.3 Å². The topological polar surface area (TPSA) is 9.23 Å². The fraction of sp³-hybridized carbons (Fsp3) is 0.500. The van der Waals surface area contributed by atoms with Gasteiger partial charge in [0.1, 0.15) is 5.75 Å². The molecule has 0 saturated heterocycles. The summed E-state index contributed by atoms with van der Waals surface area (Å²) < 4.78 is 8.69. The zero-order chi connectivity index (χ0) is 12.8. The Labute approximate surface area is 133 Å². The Hall–Kier alpha value is 0.750. The molecule has 0 saturated carbocycles. The van der Waals surface area contributed by atoms with E-state index in [-0.39, 0.29) is 0 Å². The van der Waals surface area contributed by atoms with Crippen molar-refractivity contribution in [3.05, 3.63) is 25.6 Å². The highest BCUT2D eigenvalue weighted by Crippen LogP contribution is 2.36. The number of rotatable bonds is 6. The molecule has 1 atom stereocenters. The lowest BCUT2D eigenvalue weighted by Crippen LogP contribution is -2.05. The highest BCUT2D eigenvalue weighted by atomic mass is 79.9. The number of benzene rings is 1. The minimum absolute atomic E-state index is 0.598. The second-order valence-corrected chi connectivity index (χ2v) is 6.92. The maximum absolute atomic E-state index is 5.78. The lowest BCUT2D eigenvalue weighted by atomic mass is 10.1. The van der Waals surface area contributed by atoms with Crippen molar-refractivity contribution in [3.63, 3.8) is 0 Å². The van der Waals surface area contributed by atoms with E-state index in [0.29, 0.717) is 18.4 Å². The SMILES string of the molecule is CC(CCCl)CCOc1c(Br)cc(Br)cc1Br. The van der Waals surface area contributed by atoms with Crippen molar-refractivity contribution in [1.29, 1.82) is 0 Å². The minimum atomic E-state index is 0.598. The molecule has 0 bridgehead atoms. The third-order valence-electron chi connectivity index (χ3n) is 2.42. The average molecular weight is 449 g/mol. The van der Waals surface area contributed by atoms with E-state index < -0.39 is 0 Å². The fourth-order valence-electron chi connectivity index (χ4n) is 1.36. The molecule has 1 aromatic rings.